The van der Waals surface area contributed by atoms with E-state index in [1.165, 1.54) is 15.6 Å². The zero-order valence-corrected chi connectivity index (χ0v) is 14.0. The highest BCUT2D eigenvalue weighted by Crippen LogP contribution is 2.26. The normalized spacial score (nSPS) is 19.4. The molecule has 0 aliphatic carbocycles. The van der Waals surface area contributed by atoms with Crippen molar-refractivity contribution in [2.45, 2.75) is 17.1 Å². The number of aromatic nitrogens is 1. The van der Waals surface area contributed by atoms with Crippen LogP contribution >= 0.6 is 11.3 Å². The molecule has 0 bridgehead atoms. The molecule has 3 heterocycles. The number of thiophene rings is 1. The molecule has 8 heteroatoms. The van der Waals surface area contributed by atoms with Gasteiger partial charge in [0.05, 0.1) is 5.92 Å². The molecule has 0 spiro atoms. The van der Waals surface area contributed by atoms with E-state index in [1.807, 2.05) is 0 Å². The van der Waals surface area contributed by atoms with Crippen molar-refractivity contribution in [3.05, 3.63) is 41.9 Å². The Bertz CT molecular complexity index is 761. The summed E-state index contributed by atoms with van der Waals surface area (Å²) in [6.45, 7) is 0.659. The first kappa shape index (κ1) is 16.1. The summed E-state index contributed by atoms with van der Waals surface area (Å²) >= 11 is 1.20. The van der Waals surface area contributed by atoms with Gasteiger partial charge >= 0.3 is 0 Å². The number of pyridine rings is 1. The Morgan fingerprint density at radius 2 is 2.17 bits per heavy atom. The molecule has 3 rings (SSSR count). The van der Waals surface area contributed by atoms with Crippen LogP contribution in [0.2, 0.25) is 0 Å². The molecule has 0 saturated carbocycles. The van der Waals surface area contributed by atoms with Crippen molar-refractivity contribution < 1.29 is 13.2 Å². The van der Waals surface area contributed by atoms with Crippen LogP contribution in [-0.2, 0) is 14.8 Å². The molecule has 23 heavy (non-hydrogen) atoms. The summed E-state index contributed by atoms with van der Waals surface area (Å²) in [6.07, 6.45) is 2.95. The Labute approximate surface area is 139 Å². The molecule has 2 aromatic rings. The molecule has 1 saturated heterocycles. The number of carbonyl (C=O) groups excluding carboxylic acids is 1. The lowest BCUT2D eigenvalue weighted by Crippen LogP contribution is -2.43. The van der Waals surface area contributed by atoms with Gasteiger partial charge in [0.2, 0.25) is 5.91 Å². The van der Waals surface area contributed by atoms with Crippen LogP contribution in [0.5, 0.6) is 0 Å². The molecular weight excluding hydrogens is 334 g/mol. The van der Waals surface area contributed by atoms with Gasteiger partial charge in [0.1, 0.15) is 10.0 Å². The third-order valence-electron chi connectivity index (χ3n) is 3.76. The zero-order valence-electron chi connectivity index (χ0n) is 12.4. The molecule has 0 unspecified atom stereocenters. The molecule has 0 aromatic carbocycles. The average Bonchev–Trinajstić information content (AvgIpc) is 3.11. The fraction of sp³-hybridized carbons (Fsp3) is 0.333. The predicted molar refractivity (Wildman–Crippen MR) is 88.7 cm³/mol. The fourth-order valence-corrected chi connectivity index (χ4v) is 5.25. The molecular formula is C15H17N3O3S2. The molecule has 1 amide bonds. The van der Waals surface area contributed by atoms with Crippen LogP contribution in [0.1, 0.15) is 12.8 Å². The number of amides is 1. The van der Waals surface area contributed by atoms with Gasteiger partial charge in [0, 0.05) is 19.3 Å². The minimum Gasteiger partial charge on any atom is -0.310 e. The third-order valence-corrected chi connectivity index (χ3v) is 7.00. The van der Waals surface area contributed by atoms with Gasteiger partial charge in [-0.15, -0.1) is 11.3 Å². The molecule has 1 fully saturated rings. The number of hydrogen-bond donors (Lipinski definition) is 1. The topological polar surface area (TPSA) is 79.4 Å². The average molecular weight is 351 g/mol. The monoisotopic (exact) mass is 351 g/mol. The Morgan fingerprint density at radius 1 is 1.30 bits per heavy atom. The van der Waals surface area contributed by atoms with Crippen LogP contribution in [-0.4, -0.2) is 36.7 Å². The van der Waals surface area contributed by atoms with Crippen molar-refractivity contribution >= 4 is 33.1 Å². The smallest absolute Gasteiger partial charge is 0.252 e. The maximum absolute atomic E-state index is 12.6. The molecule has 122 valence electrons. The summed E-state index contributed by atoms with van der Waals surface area (Å²) in [7, 11) is -3.50. The highest BCUT2D eigenvalue weighted by Gasteiger charge is 2.33. The lowest BCUT2D eigenvalue weighted by atomic mass is 9.99. The number of nitrogens with one attached hydrogen (secondary N) is 1. The number of anilines is 1. The molecule has 1 aliphatic rings. The quantitative estimate of drug-likeness (QED) is 0.916. The fourth-order valence-electron chi connectivity index (χ4n) is 2.58. The summed E-state index contributed by atoms with van der Waals surface area (Å²) < 4.78 is 26.9. The number of nitrogens with zero attached hydrogens (tertiary/aromatic N) is 2. The van der Waals surface area contributed by atoms with E-state index in [9.17, 15) is 13.2 Å². The highest BCUT2D eigenvalue weighted by molar-refractivity contribution is 7.91. The van der Waals surface area contributed by atoms with Crippen LogP contribution in [0.3, 0.4) is 0 Å². The molecule has 1 aliphatic heterocycles. The highest BCUT2D eigenvalue weighted by atomic mass is 32.2. The van der Waals surface area contributed by atoms with Gasteiger partial charge in [-0.3, -0.25) is 4.79 Å². The Hall–Kier alpha value is -1.77. The van der Waals surface area contributed by atoms with Gasteiger partial charge < -0.3 is 5.32 Å². The molecule has 0 radical (unpaired) electrons. The van der Waals surface area contributed by atoms with E-state index in [0.29, 0.717) is 29.4 Å². The first-order chi connectivity index (χ1) is 11.1. The first-order valence-electron chi connectivity index (χ1n) is 7.33. The second-order valence-corrected chi connectivity index (χ2v) is 8.45. The molecule has 1 N–H and O–H groups in total. The van der Waals surface area contributed by atoms with Gasteiger partial charge in [-0.2, -0.15) is 4.31 Å². The van der Waals surface area contributed by atoms with E-state index in [4.69, 9.17) is 0 Å². The summed E-state index contributed by atoms with van der Waals surface area (Å²) in [6, 6.07) is 8.58. The van der Waals surface area contributed by atoms with E-state index < -0.39 is 10.0 Å². The van der Waals surface area contributed by atoms with E-state index in [1.54, 1.807) is 41.9 Å². The van der Waals surface area contributed by atoms with Crippen molar-refractivity contribution in [3.8, 4) is 0 Å². The maximum Gasteiger partial charge on any atom is 0.252 e. The SMILES string of the molecule is O=C(Nc1ccccn1)[C@@H]1CCCN(S(=O)(=O)c2cccs2)C1. The summed E-state index contributed by atoms with van der Waals surface area (Å²) in [5.74, 6) is -0.0639. The third kappa shape index (κ3) is 3.60. The standard InChI is InChI=1S/C15H17N3O3S2/c19-15(17-13-6-1-2-8-16-13)12-5-3-9-18(11-12)23(20,21)14-7-4-10-22-14/h1-2,4,6-8,10,12H,3,5,9,11H2,(H,16,17,19)/t12-/m1/s1. The van der Waals surface area contributed by atoms with E-state index >= 15 is 0 Å². The van der Waals surface area contributed by atoms with Crippen molar-refractivity contribution in [3.63, 3.8) is 0 Å². The number of piperidine rings is 1. The Balaban J connectivity index is 1.70. The van der Waals surface area contributed by atoms with E-state index in [-0.39, 0.29) is 18.4 Å². The van der Waals surface area contributed by atoms with Crippen LogP contribution in [0.4, 0.5) is 5.82 Å². The van der Waals surface area contributed by atoms with Crippen LogP contribution in [0, 0.1) is 5.92 Å². The van der Waals surface area contributed by atoms with Crippen LogP contribution in [0.15, 0.2) is 46.1 Å². The molecule has 2 aromatic heterocycles. The van der Waals surface area contributed by atoms with Gasteiger partial charge in [-0.25, -0.2) is 13.4 Å². The van der Waals surface area contributed by atoms with Gasteiger partial charge in [0.25, 0.3) is 10.0 Å². The number of sulfonamides is 1. The minimum absolute atomic E-state index is 0.185. The number of rotatable bonds is 4. The zero-order chi connectivity index (χ0) is 16.3. The van der Waals surface area contributed by atoms with Crippen molar-refractivity contribution in [2.75, 3.05) is 18.4 Å². The lowest BCUT2D eigenvalue weighted by molar-refractivity contribution is -0.120. The largest absolute Gasteiger partial charge is 0.310 e. The van der Waals surface area contributed by atoms with Gasteiger partial charge in [0.15, 0.2) is 0 Å². The second kappa shape index (κ2) is 6.77. The lowest BCUT2D eigenvalue weighted by Gasteiger charge is -2.30. The Morgan fingerprint density at radius 3 is 2.87 bits per heavy atom. The number of carbonyl (C=O) groups is 1. The van der Waals surface area contributed by atoms with Crippen LogP contribution in [0.25, 0.3) is 0 Å². The van der Waals surface area contributed by atoms with Gasteiger partial charge in [-0.1, -0.05) is 12.1 Å². The second-order valence-electron chi connectivity index (χ2n) is 5.34. The summed E-state index contributed by atoms with van der Waals surface area (Å²) in [4.78, 5) is 16.4. The van der Waals surface area contributed by atoms with Crippen molar-refractivity contribution in [2.24, 2.45) is 5.92 Å². The maximum atomic E-state index is 12.6. The van der Waals surface area contributed by atoms with Crippen LogP contribution < -0.4 is 5.32 Å². The van der Waals surface area contributed by atoms with Gasteiger partial charge in [-0.05, 0) is 36.4 Å². The van der Waals surface area contributed by atoms with E-state index in [0.717, 1.165) is 0 Å². The van der Waals surface area contributed by atoms with Crippen molar-refractivity contribution in [1.82, 2.24) is 9.29 Å². The predicted octanol–water partition coefficient (Wildman–Crippen LogP) is 2.18. The summed E-state index contributed by atoms with van der Waals surface area (Å²) in [5, 5.41) is 4.49. The van der Waals surface area contributed by atoms with E-state index in [2.05, 4.69) is 10.3 Å². The summed E-state index contributed by atoms with van der Waals surface area (Å²) in [5.41, 5.74) is 0. The number of hydrogen-bond acceptors (Lipinski definition) is 5. The van der Waals surface area contributed by atoms with Crippen molar-refractivity contribution in [1.29, 1.82) is 0 Å². The molecule has 1 atom stereocenters. The first-order valence-corrected chi connectivity index (χ1v) is 9.65. The molecule has 6 nitrogen and oxygen atoms in total. The minimum atomic E-state index is -3.50. The Kier molecular flexibility index (Phi) is 4.74.